The molecule has 2 aromatic heterocycles. The van der Waals surface area contributed by atoms with Crippen molar-refractivity contribution in [3.8, 4) is 10.6 Å². The number of rotatable bonds is 6. The summed E-state index contributed by atoms with van der Waals surface area (Å²) in [5.74, 6) is 0.349. The first-order valence-electron chi connectivity index (χ1n) is 9.78. The van der Waals surface area contributed by atoms with E-state index in [2.05, 4.69) is 29.1 Å². The topological polar surface area (TPSA) is 81.2 Å². The lowest BCUT2D eigenvalue weighted by Crippen LogP contribution is -2.47. The number of nitrogens with one attached hydrogen (secondary N) is 1. The number of hydrogen-bond donors (Lipinski definition) is 1. The van der Waals surface area contributed by atoms with E-state index in [0.717, 1.165) is 23.4 Å². The van der Waals surface area contributed by atoms with Gasteiger partial charge in [0.2, 0.25) is 0 Å². The van der Waals surface area contributed by atoms with E-state index in [1.54, 1.807) is 19.3 Å². The lowest BCUT2D eigenvalue weighted by Gasteiger charge is -2.35. The van der Waals surface area contributed by atoms with Gasteiger partial charge in [-0.05, 0) is 37.3 Å². The first-order chi connectivity index (χ1) is 13.4. The Bertz CT molecular complexity index is 808. The van der Waals surface area contributed by atoms with Crippen LogP contribution in [0.4, 0.5) is 0 Å². The van der Waals surface area contributed by atoms with Gasteiger partial charge in [-0.3, -0.25) is 14.6 Å². The van der Waals surface area contributed by atoms with Gasteiger partial charge in [0.25, 0.3) is 5.91 Å². The highest BCUT2D eigenvalue weighted by atomic mass is 32.1. The Hall–Kier alpha value is -2.28. The fourth-order valence-corrected chi connectivity index (χ4v) is 4.35. The van der Waals surface area contributed by atoms with E-state index in [1.165, 1.54) is 17.8 Å². The molecule has 150 valence electrons. The zero-order valence-electron chi connectivity index (χ0n) is 16.6. The Kier molecular flexibility index (Phi) is 6.78. The summed E-state index contributed by atoms with van der Waals surface area (Å²) in [5.41, 5.74) is 1.55. The minimum absolute atomic E-state index is 0.0469. The Balaban J connectivity index is 1.50. The molecule has 2 aromatic rings. The van der Waals surface area contributed by atoms with Crippen LogP contribution in [0, 0.1) is 11.8 Å². The summed E-state index contributed by atoms with van der Waals surface area (Å²) in [4.78, 5) is 33.2. The van der Waals surface area contributed by atoms with E-state index in [-0.39, 0.29) is 18.4 Å². The molecule has 0 bridgehead atoms. The fourth-order valence-electron chi connectivity index (χ4n) is 3.54. The molecule has 1 saturated carbocycles. The van der Waals surface area contributed by atoms with Crippen LogP contribution >= 0.6 is 11.3 Å². The monoisotopic (exact) mass is 401 g/mol. The standard InChI is InChI=1S/C21H27N3O3S/c1-13-6-4-8-18(14(13)2)24-20(26)15(3)27-19(25)10-17-12-28-21(23-17)16-7-5-9-22-11-16/h5,7,9,11-15,18H,4,6,8,10H2,1-3H3,(H,24,26)/t13-,14+,15+,18-/m0/s1. The van der Waals surface area contributed by atoms with Gasteiger partial charge in [0.05, 0.1) is 12.1 Å². The molecule has 1 aliphatic rings. The van der Waals surface area contributed by atoms with Crippen molar-refractivity contribution in [3.05, 3.63) is 35.6 Å². The summed E-state index contributed by atoms with van der Waals surface area (Å²) >= 11 is 1.46. The summed E-state index contributed by atoms with van der Waals surface area (Å²) in [7, 11) is 0. The van der Waals surface area contributed by atoms with Gasteiger partial charge in [0, 0.05) is 29.4 Å². The molecule has 1 fully saturated rings. The number of esters is 1. The molecule has 0 aliphatic heterocycles. The van der Waals surface area contributed by atoms with E-state index in [4.69, 9.17) is 4.74 Å². The lowest BCUT2D eigenvalue weighted by atomic mass is 9.78. The highest BCUT2D eigenvalue weighted by molar-refractivity contribution is 7.13. The second kappa shape index (κ2) is 9.28. The molecule has 1 N–H and O–H groups in total. The van der Waals surface area contributed by atoms with E-state index in [9.17, 15) is 9.59 Å². The highest BCUT2D eigenvalue weighted by Crippen LogP contribution is 2.29. The van der Waals surface area contributed by atoms with E-state index in [1.807, 2.05) is 17.5 Å². The number of carbonyl (C=O) groups is 2. The maximum atomic E-state index is 12.4. The zero-order chi connectivity index (χ0) is 20.1. The van der Waals surface area contributed by atoms with Gasteiger partial charge in [-0.1, -0.05) is 26.7 Å². The summed E-state index contributed by atoms with van der Waals surface area (Å²) in [5, 5.41) is 5.70. The summed E-state index contributed by atoms with van der Waals surface area (Å²) in [6.45, 7) is 6.01. The number of nitrogens with zero attached hydrogens (tertiary/aromatic N) is 2. The molecule has 0 unspecified atom stereocenters. The number of thiazole rings is 1. The van der Waals surface area contributed by atoms with Gasteiger partial charge >= 0.3 is 5.97 Å². The van der Waals surface area contributed by atoms with Gasteiger partial charge in [-0.25, -0.2) is 4.98 Å². The largest absolute Gasteiger partial charge is 0.452 e. The Morgan fingerprint density at radius 1 is 1.36 bits per heavy atom. The number of pyridine rings is 1. The van der Waals surface area contributed by atoms with Crippen LogP contribution in [0.3, 0.4) is 0 Å². The third-order valence-corrected chi connectivity index (χ3v) is 6.44. The van der Waals surface area contributed by atoms with Crippen LogP contribution < -0.4 is 5.32 Å². The summed E-state index contributed by atoms with van der Waals surface area (Å²) in [6.07, 6.45) is 5.98. The second-order valence-corrected chi connectivity index (χ2v) is 8.44. The number of aromatic nitrogens is 2. The molecule has 3 rings (SSSR count). The van der Waals surface area contributed by atoms with Crippen molar-refractivity contribution in [3.63, 3.8) is 0 Å². The van der Waals surface area contributed by atoms with E-state index >= 15 is 0 Å². The van der Waals surface area contributed by atoms with Gasteiger partial charge in [-0.15, -0.1) is 11.3 Å². The molecule has 0 aromatic carbocycles. The second-order valence-electron chi connectivity index (χ2n) is 7.58. The molecule has 1 amide bonds. The van der Waals surface area contributed by atoms with Crippen LogP contribution in [0.1, 0.15) is 45.7 Å². The Morgan fingerprint density at radius 2 is 2.18 bits per heavy atom. The molecular weight excluding hydrogens is 374 g/mol. The van der Waals surface area contributed by atoms with Crippen molar-refractivity contribution < 1.29 is 14.3 Å². The minimum atomic E-state index is -0.812. The first kappa shape index (κ1) is 20.5. The summed E-state index contributed by atoms with van der Waals surface area (Å²) in [6, 6.07) is 3.92. The quantitative estimate of drug-likeness (QED) is 0.748. The third-order valence-electron chi connectivity index (χ3n) is 5.50. The van der Waals surface area contributed by atoms with Crippen molar-refractivity contribution >= 4 is 23.2 Å². The number of carbonyl (C=O) groups excluding carboxylic acids is 2. The maximum absolute atomic E-state index is 12.4. The van der Waals surface area contributed by atoms with Crippen LogP contribution in [-0.2, 0) is 20.7 Å². The highest BCUT2D eigenvalue weighted by Gasteiger charge is 2.30. The van der Waals surface area contributed by atoms with Gasteiger partial charge in [-0.2, -0.15) is 0 Å². The normalized spacial score (nSPS) is 23.0. The predicted octanol–water partition coefficient (Wildman–Crippen LogP) is 3.62. The molecule has 7 heteroatoms. The average molecular weight is 402 g/mol. The van der Waals surface area contributed by atoms with E-state index < -0.39 is 12.1 Å². The Labute approximate surface area is 169 Å². The maximum Gasteiger partial charge on any atom is 0.312 e. The smallest absolute Gasteiger partial charge is 0.312 e. The molecule has 4 atom stereocenters. The molecule has 0 saturated heterocycles. The molecule has 0 radical (unpaired) electrons. The molecular formula is C21H27N3O3S. The predicted molar refractivity (Wildman–Crippen MR) is 109 cm³/mol. The molecule has 1 aliphatic carbocycles. The molecule has 6 nitrogen and oxygen atoms in total. The number of hydrogen-bond acceptors (Lipinski definition) is 6. The SMILES string of the molecule is C[C@H]1[C@@H](NC(=O)[C@@H](C)OC(=O)Cc2csc(-c3cccnc3)n2)CCC[C@@H]1C. The van der Waals surface area contributed by atoms with Crippen LogP contribution in [0.15, 0.2) is 29.9 Å². The Morgan fingerprint density at radius 3 is 2.93 bits per heavy atom. The van der Waals surface area contributed by atoms with Crippen molar-refractivity contribution in [1.29, 1.82) is 0 Å². The molecule has 0 spiro atoms. The zero-order valence-corrected chi connectivity index (χ0v) is 17.4. The minimum Gasteiger partial charge on any atom is -0.452 e. The van der Waals surface area contributed by atoms with Crippen molar-refractivity contribution in [2.75, 3.05) is 0 Å². The average Bonchev–Trinajstić information content (AvgIpc) is 3.14. The van der Waals surface area contributed by atoms with Gasteiger partial charge < -0.3 is 10.1 Å². The molecule has 28 heavy (non-hydrogen) atoms. The summed E-state index contributed by atoms with van der Waals surface area (Å²) < 4.78 is 5.34. The van der Waals surface area contributed by atoms with Crippen LogP contribution in [0.5, 0.6) is 0 Å². The third kappa shape index (κ3) is 5.16. The van der Waals surface area contributed by atoms with Crippen LogP contribution in [0.25, 0.3) is 10.6 Å². The fraction of sp³-hybridized carbons (Fsp3) is 0.524. The van der Waals surface area contributed by atoms with Gasteiger partial charge in [0.15, 0.2) is 6.10 Å². The lowest BCUT2D eigenvalue weighted by molar-refractivity contribution is -0.154. The van der Waals surface area contributed by atoms with Crippen molar-refractivity contribution in [2.24, 2.45) is 11.8 Å². The van der Waals surface area contributed by atoms with E-state index in [0.29, 0.717) is 17.5 Å². The van der Waals surface area contributed by atoms with Gasteiger partial charge in [0.1, 0.15) is 5.01 Å². The van der Waals surface area contributed by atoms with Crippen molar-refractivity contribution in [1.82, 2.24) is 15.3 Å². The first-order valence-corrected chi connectivity index (χ1v) is 10.7. The number of amides is 1. The molecule has 2 heterocycles. The van der Waals surface area contributed by atoms with Crippen LogP contribution in [-0.4, -0.2) is 34.0 Å². The number of ether oxygens (including phenoxy) is 1. The van der Waals surface area contributed by atoms with Crippen molar-refractivity contribution in [2.45, 2.75) is 58.6 Å². The van der Waals surface area contributed by atoms with Crippen LogP contribution in [0.2, 0.25) is 0 Å².